The van der Waals surface area contributed by atoms with Crippen LogP contribution >= 0.6 is 0 Å². The maximum absolute atomic E-state index is 12.6. The number of ether oxygens (including phenoxy) is 3. The van der Waals surface area contributed by atoms with Crippen LogP contribution < -0.4 is 9.47 Å². The van der Waals surface area contributed by atoms with Gasteiger partial charge in [-0.05, 0) is 58.6 Å². The Morgan fingerprint density at radius 2 is 1.93 bits per heavy atom. The maximum Gasteiger partial charge on any atom is 0.411 e. The molecule has 1 aromatic carbocycles. The molecule has 2 heterocycles. The highest BCUT2D eigenvalue weighted by atomic mass is 16.6. The number of hydrogen-bond donors (Lipinski definition) is 0. The Morgan fingerprint density at radius 3 is 2.59 bits per heavy atom. The summed E-state index contributed by atoms with van der Waals surface area (Å²) in [4.78, 5) is 14.6. The number of carbonyl (C=O) groups is 1. The van der Waals surface area contributed by atoms with Gasteiger partial charge >= 0.3 is 6.09 Å². The number of rotatable bonds is 5. The summed E-state index contributed by atoms with van der Waals surface area (Å²) < 4.78 is 16.9. The van der Waals surface area contributed by atoms with E-state index in [0.29, 0.717) is 6.61 Å². The van der Waals surface area contributed by atoms with Crippen LogP contribution in [0.5, 0.6) is 11.5 Å². The normalized spacial score (nSPS) is 22.1. The minimum atomic E-state index is -0.460. The van der Waals surface area contributed by atoms with Crippen LogP contribution in [0.2, 0.25) is 0 Å². The topological polar surface area (TPSA) is 48.0 Å². The zero-order valence-corrected chi connectivity index (χ0v) is 16.9. The van der Waals surface area contributed by atoms with Crippen molar-refractivity contribution >= 4 is 6.09 Å². The SMILES string of the molecule is COc1ccccc1OCCC1=CC2CCCC(C1)N2C(=O)OC(C)(C)C. The Labute approximate surface area is 162 Å². The third-order valence-electron chi connectivity index (χ3n) is 5.07. The summed E-state index contributed by atoms with van der Waals surface area (Å²) in [6.45, 7) is 6.36. The molecule has 1 saturated heterocycles. The lowest BCUT2D eigenvalue weighted by Crippen LogP contribution is -2.53. The van der Waals surface area contributed by atoms with Crippen LogP contribution in [0.25, 0.3) is 0 Å². The molecule has 0 radical (unpaired) electrons. The average Bonchev–Trinajstić information content (AvgIpc) is 2.60. The number of piperidine rings is 1. The van der Waals surface area contributed by atoms with E-state index in [-0.39, 0.29) is 18.2 Å². The molecule has 0 aromatic heterocycles. The van der Waals surface area contributed by atoms with E-state index in [1.807, 2.05) is 49.9 Å². The average molecular weight is 373 g/mol. The van der Waals surface area contributed by atoms with Crippen molar-refractivity contribution in [2.24, 2.45) is 0 Å². The Kier molecular flexibility index (Phi) is 5.98. The first kappa shape index (κ1) is 19.6. The predicted molar refractivity (Wildman–Crippen MR) is 105 cm³/mol. The van der Waals surface area contributed by atoms with Crippen molar-refractivity contribution in [3.8, 4) is 11.5 Å². The fourth-order valence-corrected chi connectivity index (χ4v) is 3.93. The van der Waals surface area contributed by atoms with Crippen molar-refractivity contribution in [2.75, 3.05) is 13.7 Å². The van der Waals surface area contributed by atoms with E-state index < -0.39 is 5.60 Å². The van der Waals surface area contributed by atoms with Crippen LogP contribution in [0.15, 0.2) is 35.9 Å². The van der Waals surface area contributed by atoms with Crippen LogP contribution in [-0.4, -0.2) is 42.4 Å². The van der Waals surface area contributed by atoms with Gasteiger partial charge in [0.1, 0.15) is 5.60 Å². The van der Waals surface area contributed by atoms with Gasteiger partial charge in [-0.25, -0.2) is 4.79 Å². The maximum atomic E-state index is 12.6. The van der Waals surface area contributed by atoms with Gasteiger partial charge in [0.05, 0.1) is 19.8 Å². The molecular formula is C22H31NO4. The minimum Gasteiger partial charge on any atom is -0.493 e. The monoisotopic (exact) mass is 373 g/mol. The number of benzene rings is 1. The molecule has 0 aliphatic carbocycles. The molecule has 148 valence electrons. The second-order valence-corrected chi connectivity index (χ2v) is 8.32. The summed E-state index contributed by atoms with van der Waals surface area (Å²) in [5.41, 5.74) is 0.914. The lowest BCUT2D eigenvalue weighted by Gasteiger charge is -2.45. The third-order valence-corrected chi connectivity index (χ3v) is 5.07. The number of para-hydroxylation sites is 2. The molecule has 5 heteroatoms. The van der Waals surface area contributed by atoms with E-state index in [2.05, 4.69) is 6.08 Å². The number of amides is 1. The number of methoxy groups -OCH3 is 1. The zero-order valence-electron chi connectivity index (χ0n) is 16.9. The molecular weight excluding hydrogens is 342 g/mol. The Morgan fingerprint density at radius 1 is 1.19 bits per heavy atom. The number of fused-ring (bicyclic) bond motifs is 2. The molecule has 2 bridgehead atoms. The molecule has 5 nitrogen and oxygen atoms in total. The van der Waals surface area contributed by atoms with Crippen molar-refractivity contribution in [1.29, 1.82) is 0 Å². The smallest absolute Gasteiger partial charge is 0.411 e. The number of nitrogens with zero attached hydrogens (tertiary/aromatic N) is 1. The first-order valence-electron chi connectivity index (χ1n) is 9.84. The largest absolute Gasteiger partial charge is 0.493 e. The van der Waals surface area contributed by atoms with Crippen LogP contribution in [0.3, 0.4) is 0 Å². The molecule has 1 amide bonds. The molecule has 0 spiro atoms. The fraction of sp³-hybridized carbons (Fsp3) is 0.591. The molecule has 0 saturated carbocycles. The highest BCUT2D eigenvalue weighted by Crippen LogP contribution is 2.35. The lowest BCUT2D eigenvalue weighted by molar-refractivity contribution is -0.00165. The van der Waals surface area contributed by atoms with Crippen LogP contribution in [0.1, 0.15) is 52.9 Å². The molecule has 0 N–H and O–H groups in total. The van der Waals surface area contributed by atoms with Gasteiger partial charge < -0.3 is 14.2 Å². The van der Waals surface area contributed by atoms with E-state index in [1.54, 1.807) is 7.11 Å². The molecule has 1 fully saturated rings. The van der Waals surface area contributed by atoms with Gasteiger partial charge in [-0.15, -0.1) is 0 Å². The quantitative estimate of drug-likeness (QED) is 0.685. The van der Waals surface area contributed by atoms with E-state index in [4.69, 9.17) is 14.2 Å². The summed E-state index contributed by atoms with van der Waals surface area (Å²) in [5, 5.41) is 0. The van der Waals surface area contributed by atoms with Crippen LogP contribution in [-0.2, 0) is 4.74 Å². The molecule has 2 unspecified atom stereocenters. The second kappa shape index (κ2) is 8.24. The highest BCUT2D eigenvalue weighted by molar-refractivity contribution is 5.70. The molecule has 2 aliphatic rings. The van der Waals surface area contributed by atoms with Gasteiger partial charge in [-0.2, -0.15) is 0 Å². The predicted octanol–water partition coefficient (Wildman–Crippen LogP) is 4.95. The van der Waals surface area contributed by atoms with Gasteiger partial charge in [0, 0.05) is 12.5 Å². The van der Waals surface area contributed by atoms with Gasteiger partial charge in [-0.3, -0.25) is 4.90 Å². The summed E-state index contributed by atoms with van der Waals surface area (Å²) in [6, 6.07) is 8.09. The summed E-state index contributed by atoms with van der Waals surface area (Å²) >= 11 is 0. The third kappa shape index (κ3) is 4.96. The van der Waals surface area contributed by atoms with E-state index >= 15 is 0 Å². The van der Waals surface area contributed by atoms with Crippen molar-refractivity contribution in [3.05, 3.63) is 35.9 Å². The zero-order chi connectivity index (χ0) is 19.4. The van der Waals surface area contributed by atoms with Crippen molar-refractivity contribution < 1.29 is 19.0 Å². The molecule has 27 heavy (non-hydrogen) atoms. The van der Waals surface area contributed by atoms with Crippen molar-refractivity contribution in [2.45, 2.75) is 70.6 Å². The lowest BCUT2D eigenvalue weighted by atomic mass is 9.84. The van der Waals surface area contributed by atoms with Crippen LogP contribution in [0, 0.1) is 0 Å². The standard InChI is InChI=1S/C22H31NO4/c1-22(2,3)27-21(24)23-17-8-7-9-18(23)15-16(14-17)12-13-26-20-11-6-5-10-19(20)25-4/h5-6,10-11,14,17-18H,7-9,12-13,15H2,1-4H3. The van der Waals surface area contributed by atoms with Gasteiger partial charge in [0.15, 0.2) is 11.5 Å². The number of carbonyl (C=O) groups excluding carboxylic acids is 1. The van der Waals surface area contributed by atoms with E-state index in [9.17, 15) is 4.79 Å². The summed E-state index contributed by atoms with van der Waals surface area (Å²) in [5.74, 6) is 1.52. The van der Waals surface area contributed by atoms with Gasteiger partial charge in [0.2, 0.25) is 0 Å². The number of hydrogen-bond acceptors (Lipinski definition) is 4. The minimum absolute atomic E-state index is 0.147. The van der Waals surface area contributed by atoms with Crippen molar-refractivity contribution in [1.82, 2.24) is 4.90 Å². The van der Waals surface area contributed by atoms with Crippen LogP contribution in [0.4, 0.5) is 4.79 Å². The first-order chi connectivity index (χ1) is 12.9. The molecule has 2 aliphatic heterocycles. The first-order valence-corrected chi connectivity index (χ1v) is 9.84. The van der Waals surface area contributed by atoms with E-state index in [1.165, 1.54) is 5.57 Å². The van der Waals surface area contributed by atoms with Crippen molar-refractivity contribution in [3.63, 3.8) is 0 Å². The summed E-state index contributed by atoms with van der Waals surface area (Å²) in [7, 11) is 1.65. The highest BCUT2D eigenvalue weighted by Gasteiger charge is 2.38. The molecule has 1 aromatic rings. The Balaban J connectivity index is 1.61. The Bertz CT molecular complexity index is 692. The summed E-state index contributed by atoms with van der Waals surface area (Å²) in [6.07, 6.45) is 7.06. The molecule has 2 atom stereocenters. The Hall–Kier alpha value is -2.17. The van der Waals surface area contributed by atoms with Gasteiger partial charge in [0.25, 0.3) is 0 Å². The van der Waals surface area contributed by atoms with Gasteiger partial charge in [-0.1, -0.05) is 23.8 Å². The van der Waals surface area contributed by atoms with E-state index in [0.717, 1.165) is 43.6 Å². The molecule has 3 rings (SSSR count). The fourth-order valence-electron chi connectivity index (χ4n) is 3.93. The second-order valence-electron chi connectivity index (χ2n) is 8.32.